The Kier molecular flexibility index (Phi) is 16.1. The fourth-order valence-electron chi connectivity index (χ4n) is 10.8. The van der Waals surface area contributed by atoms with E-state index in [9.17, 15) is 25.6 Å². The highest BCUT2D eigenvalue weighted by Gasteiger charge is 2.65. The summed E-state index contributed by atoms with van der Waals surface area (Å²) in [4.78, 5) is 35.8. The van der Waals surface area contributed by atoms with Gasteiger partial charge in [-0.05, 0) is 151 Å². The minimum atomic E-state index is -1.59. The van der Waals surface area contributed by atoms with Gasteiger partial charge in [-0.2, -0.15) is 5.26 Å². The number of non-ortho nitro benzene ring substituents is 1. The summed E-state index contributed by atoms with van der Waals surface area (Å²) in [7, 11) is 0. The van der Waals surface area contributed by atoms with Crippen LogP contribution in [0.5, 0.6) is 28.7 Å². The summed E-state index contributed by atoms with van der Waals surface area (Å²) >= 11 is 1.64. The number of nitrogens with zero attached hydrogens (tertiary/aromatic N) is 4. The van der Waals surface area contributed by atoms with E-state index in [2.05, 4.69) is 18.7 Å². The molecule has 6 atom stereocenters. The van der Waals surface area contributed by atoms with E-state index in [0.717, 1.165) is 47.3 Å². The summed E-state index contributed by atoms with van der Waals surface area (Å²) in [5, 5.41) is 46.4. The predicted molar refractivity (Wildman–Crippen MR) is 275 cm³/mol. The Hall–Kier alpha value is -7.16. The van der Waals surface area contributed by atoms with Gasteiger partial charge in [-0.25, -0.2) is 0 Å². The standard InChI is InChI=1S/C57H58N4O11S/c1-3-28-69-57-53(60(56(64)40-15-10-37(33-58)11-16-40)34-39-14-24-51-52(29-39)68-36-67-51)32-49(59-70-35-38-12-17-42(18-13-38)61(65)66)47-30-41(8-4-6-26-62)46(9-5-7-27-63)54(55(47)57)48-31-44(21-25-50(48)72-57)71-43-19-22-45(73-2)23-20-43/h3,10-25,29-31,41,46,53-55,62-63H,1,4-9,26-28,32,34-36H2,2H3. The molecule has 0 bridgehead atoms. The van der Waals surface area contributed by atoms with Gasteiger partial charge in [0.25, 0.3) is 11.6 Å². The lowest BCUT2D eigenvalue weighted by Gasteiger charge is -2.60. The zero-order valence-corrected chi connectivity index (χ0v) is 41.4. The minimum absolute atomic E-state index is 0.00159. The van der Waals surface area contributed by atoms with Crippen molar-refractivity contribution in [2.24, 2.45) is 22.9 Å². The fourth-order valence-corrected chi connectivity index (χ4v) is 11.2. The van der Waals surface area contributed by atoms with Crippen LogP contribution in [0.4, 0.5) is 5.69 Å². The first kappa shape index (κ1) is 50.8. The molecule has 9 rings (SSSR count). The number of hydrogen-bond acceptors (Lipinski definition) is 14. The van der Waals surface area contributed by atoms with Gasteiger partial charge in [0.2, 0.25) is 12.6 Å². The molecule has 2 aliphatic carbocycles. The van der Waals surface area contributed by atoms with Crippen LogP contribution >= 0.6 is 11.8 Å². The molecular weight excluding hydrogens is 949 g/mol. The maximum Gasteiger partial charge on any atom is 0.269 e. The summed E-state index contributed by atoms with van der Waals surface area (Å²) in [6.45, 7) is 4.34. The van der Waals surface area contributed by atoms with Crippen molar-refractivity contribution in [3.63, 3.8) is 0 Å². The van der Waals surface area contributed by atoms with Crippen LogP contribution in [0.1, 0.15) is 83.5 Å². The topological polar surface area (TPSA) is 195 Å². The molecule has 2 N–H and O–H groups in total. The Morgan fingerprint density at radius 1 is 0.918 bits per heavy atom. The number of nitro benzene ring substituents is 1. The van der Waals surface area contributed by atoms with E-state index in [1.165, 1.54) is 12.1 Å². The number of fused-ring (bicyclic) bond motifs is 3. The van der Waals surface area contributed by atoms with E-state index in [4.69, 9.17) is 33.7 Å². The van der Waals surface area contributed by atoms with E-state index < -0.39 is 22.7 Å². The normalized spacial score (nSPS) is 21.7. The van der Waals surface area contributed by atoms with Crippen molar-refractivity contribution < 1.29 is 48.5 Å². The third-order valence-corrected chi connectivity index (χ3v) is 14.9. The second-order valence-corrected chi connectivity index (χ2v) is 19.4. The number of unbranched alkanes of at least 4 members (excludes halogenated alkanes) is 2. The van der Waals surface area contributed by atoms with Crippen molar-refractivity contribution in [2.75, 3.05) is 32.9 Å². The summed E-state index contributed by atoms with van der Waals surface area (Å²) in [6, 6.07) is 33.2. The van der Waals surface area contributed by atoms with E-state index in [-0.39, 0.29) is 75.5 Å². The molecule has 0 aromatic heterocycles. The number of nitriles is 1. The molecule has 0 spiro atoms. The van der Waals surface area contributed by atoms with E-state index in [1.54, 1.807) is 59.1 Å². The van der Waals surface area contributed by atoms with Crippen LogP contribution in [0.3, 0.4) is 0 Å². The number of aliphatic hydroxyl groups excluding tert-OH is 2. The number of benzene rings is 5. The van der Waals surface area contributed by atoms with Gasteiger partial charge in [-0.3, -0.25) is 14.9 Å². The number of carbonyl (C=O) groups is 1. The Bertz CT molecular complexity index is 2890. The van der Waals surface area contributed by atoms with Crippen LogP contribution in [-0.4, -0.2) is 76.4 Å². The Labute approximate surface area is 428 Å². The Morgan fingerprint density at radius 2 is 1.63 bits per heavy atom. The molecule has 0 saturated heterocycles. The monoisotopic (exact) mass is 1010 g/mol. The van der Waals surface area contributed by atoms with Gasteiger partial charge >= 0.3 is 0 Å². The number of amides is 1. The number of hydrogen-bond donors (Lipinski definition) is 2. The average Bonchev–Trinajstić information content (AvgIpc) is 3.89. The number of thioether (sulfide) groups is 1. The van der Waals surface area contributed by atoms with Crippen molar-refractivity contribution in [3.8, 4) is 34.8 Å². The first-order chi connectivity index (χ1) is 35.7. The zero-order valence-electron chi connectivity index (χ0n) is 40.6. The summed E-state index contributed by atoms with van der Waals surface area (Å²) < 4.78 is 32.8. The number of allylic oxidation sites excluding steroid dienone is 1. The first-order valence-electron chi connectivity index (χ1n) is 24.6. The van der Waals surface area contributed by atoms with Crippen molar-refractivity contribution in [1.82, 2.24) is 4.90 Å². The van der Waals surface area contributed by atoms with Gasteiger partial charge < -0.3 is 43.6 Å². The number of rotatable bonds is 22. The quantitative estimate of drug-likeness (QED) is 0.0219. The number of aliphatic hydroxyl groups is 2. The van der Waals surface area contributed by atoms with Gasteiger partial charge in [0.05, 0.1) is 34.8 Å². The van der Waals surface area contributed by atoms with Crippen LogP contribution in [0, 0.1) is 39.2 Å². The van der Waals surface area contributed by atoms with Crippen molar-refractivity contribution in [2.45, 2.75) is 80.7 Å². The minimum Gasteiger partial charge on any atom is -0.459 e. The molecule has 5 aromatic rings. The molecule has 5 aromatic carbocycles. The molecule has 378 valence electrons. The van der Waals surface area contributed by atoms with Gasteiger partial charge in [0, 0.05) is 60.3 Å². The molecule has 16 heteroatoms. The van der Waals surface area contributed by atoms with Gasteiger partial charge in [0.1, 0.15) is 29.9 Å². The SMILES string of the molecule is C=CCOC12Oc3ccc(Oc4ccc(SC)cc4)cc3C3C(CCCCO)C(CCCCO)C=C(C(=NOCc4ccc([N+](=O)[O-])cc4)CC1N(Cc1ccc4c(c1)OCO4)C(=O)c1ccc(C#N)cc1)C32. The number of carbonyl (C=O) groups excluding carboxylic acids is 1. The molecule has 73 heavy (non-hydrogen) atoms. The van der Waals surface area contributed by atoms with Crippen LogP contribution in [0.25, 0.3) is 0 Å². The molecule has 15 nitrogen and oxygen atoms in total. The number of ether oxygens (including phenoxy) is 5. The van der Waals surface area contributed by atoms with Crippen molar-refractivity contribution in [3.05, 3.63) is 171 Å². The number of oxime groups is 1. The highest BCUT2D eigenvalue weighted by atomic mass is 32.2. The first-order valence-corrected chi connectivity index (χ1v) is 25.8. The second-order valence-electron chi connectivity index (χ2n) is 18.6. The zero-order chi connectivity index (χ0) is 50.9. The molecule has 1 saturated carbocycles. The van der Waals surface area contributed by atoms with Gasteiger partial charge in [-0.1, -0.05) is 36.2 Å². The number of nitro groups is 1. The average molecular weight is 1010 g/mol. The Balaban J connectivity index is 1.25. The van der Waals surface area contributed by atoms with Gasteiger partial charge in [-0.15, -0.1) is 18.3 Å². The molecule has 1 fully saturated rings. The lowest BCUT2D eigenvalue weighted by molar-refractivity contribution is -0.384. The molecule has 4 aliphatic rings. The van der Waals surface area contributed by atoms with Crippen LogP contribution in [0.15, 0.2) is 144 Å². The molecule has 0 radical (unpaired) electrons. The predicted octanol–water partition coefficient (Wildman–Crippen LogP) is 10.9. The maximum absolute atomic E-state index is 15.6. The Morgan fingerprint density at radius 3 is 2.34 bits per heavy atom. The molecular formula is C57H58N4O11S. The summed E-state index contributed by atoms with van der Waals surface area (Å²) in [5.41, 5.74) is 4.39. The third-order valence-electron chi connectivity index (χ3n) is 14.2. The van der Waals surface area contributed by atoms with Gasteiger partial charge in [0.15, 0.2) is 11.5 Å². The summed E-state index contributed by atoms with van der Waals surface area (Å²) in [6.07, 6.45) is 10.2. The smallest absolute Gasteiger partial charge is 0.269 e. The van der Waals surface area contributed by atoms with Crippen LogP contribution < -0.4 is 18.9 Å². The van der Waals surface area contributed by atoms with Crippen molar-refractivity contribution >= 4 is 29.1 Å². The van der Waals surface area contributed by atoms with E-state index in [1.807, 2.05) is 66.9 Å². The lowest BCUT2D eigenvalue weighted by Crippen LogP contribution is -2.70. The highest BCUT2D eigenvalue weighted by molar-refractivity contribution is 7.98. The second kappa shape index (κ2) is 23.2. The molecule has 2 heterocycles. The van der Waals surface area contributed by atoms with Crippen molar-refractivity contribution in [1.29, 1.82) is 5.26 Å². The van der Waals surface area contributed by atoms with E-state index in [0.29, 0.717) is 64.0 Å². The summed E-state index contributed by atoms with van der Waals surface area (Å²) in [5.74, 6) is -0.0281. The van der Waals surface area contributed by atoms with Crippen LogP contribution in [0.2, 0.25) is 0 Å². The molecule has 6 unspecified atom stereocenters. The lowest BCUT2D eigenvalue weighted by atomic mass is 9.55. The molecule has 2 aliphatic heterocycles. The molecule has 1 amide bonds. The van der Waals surface area contributed by atoms with E-state index >= 15 is 4.79 Å². The highest BCUT2D eigenvalue weighted by Crippen LogP contribution is 2.62. The maximum atomic E-state index is 15.6. The largest absolute Gasteiger partial charge is 0.459 e. The fraction of sp³-hybridized carbons (Fsp3) is 0.351. The van der Waals surface area contributed by atoms with Crippen LogP contribution in [-0.2, 0) is 22.7 Å². The third kappa shape index (κ3) is 11.0.